The molecular formula is C13H20O3. The van der Waals surface area contributed by atoms with Crippen LogP contribution in [0.3, 0.4) is 0 Å². The Morgan fingerprint density at radius 2 is 2.06 bits per heavy atom. The molecule has 2 aliphatic rings. The number of hydrogen-bond acceptors (Lipinski definition) is 3. The standard InChI is InChI=1S/C13H20O3/c1-4-5-6-13-9(8-11(13)14)7-10(15-2)12(13)16-3/h9H,4-8H2,1-3H3. The van der Waals surface area contributed by atoms with Gasteiger partial charge in [0.05, 0.1) is 19.6 Å². The van der Waals surface area contributed by atoms with E-state index in [1.165, 1.54) is 0 Å². The Bertz CT molecular complexity index is 332. The molecule has 0 aromatic heterocycles. The first kappa shape index (κ1) is 11.5. The molecule has 0 aliphatic heterocycles. The van der Waals surface area contributed by atoms with Gasteiger partial charge in [-0.2, -0.15) is 0 Å². The van der Waals surface area contributed by atoms with E-state index in [0.29, 0.717) is 18.1 Å². The molecule has 0 bridgehead atoms. The number of allylic oxidation sites excluding steroid dienone is 2. The van der Waals surface area contributed by atoms with Crippen molar-refractivity contribution in [3.05, 3.63) is 11.5 Å². The van der Waals surface area contributed by atoms with Crippen LogP contribution in [-0.2, 0) is 14.3 Å². The van der Waals surface area contributed by atoms with E-state index >= 15 is 0 Å². The quantitative estimate of drug-likeness (QED) is 0.720. The maximum absolute atomic E-state index is 12.0. The second-order valence-electron chi connectivity index (χ2n) is 4.76. The molecule has 0 saturated heterocycles. The molecule has 90 valence electrons. The first-order valence-electron chi connectivity index (χ1n) is 6.05. The van der Waals surface area contributed by atoms with Gasteiger partial charge in [-0.25, -0.2) is 0 Å². The average Bonchev–Trinajstić information content (AvgIpc) is 2.54. The second-order valence-corrected chi connectivity index (χ2v) is 4.76. The van der Waals surface area contributed by atoms with Crippen molar-refractivity contribution < 1.29 is 14.3 Å². The van der Waals surface area contributed by atoms with Crippen molar-refractivity contribution in [1.82, 2.24) is 0 Å². The molecule has 1 saturated carbocycles. The normalized spacial score (nSPS) is 32.4. The van der Waals surface area contributed by atoms with Crippen LogP contribution < -0.4 is 0 Å². The maximum Gasteiger partial charge on any atom is 0.147 e. The van der Waals surface area contributed by atoms with Crippen LogP contribution in [0.25, 0.3) is 0 Å². The number of rotatable bonds is 5. The molecule has 3 heteroatoms. The van der Waals surface area contributed by atoms with Crippen molar-refractivity contribution in [3.8, 4) is 0 Å². The van der Waals surface area contributed by atoms with E-state index in [-0.39, 0.29) is 5.41 Å². The Hall–Kier alpha value is -0.990. The third-order valence-electron chi connectivity index (χ3n) is 4.09. The zero-order valence-corrected chi connectivity index (χ0v) is 10.3. The van der Waals surface area contributed by atoms with E-state index in [1.807, 2.05) is 0 Å². The minimum absolute atomic E-state index is 0.323. The molecule has 0 amide bonds. The largest absolute Gasteiger partial charge is 0.498 e. The number of ketones is 1. The molecule has 0 N–H and O–H groups in total. The van der Waals surface area contributed by atoms with E-state index < -0.39 is 0 Å². The smallest absolute Gasteiger partial charge is 0.147 e. The van der Waals surface area contributed by atoms with Gasteiger partial charge in [0.15, 0.2) is 0 Å². The predicted molar refractivity (Wildman–Crippen MR) is 60.7 cm³/mol. The molecule has 0 spiro atoms. The van der Waals surface area contributed by atoms with Crippen LogP contribution in [0.1, 0.15) is 39.0 Å². The van der Waals surface area contributed by atoms with Crippen molar-refractivity contribution in [2.24, 2.45) is 11.3 Å². The summed E-state index contributed by atoms with van der Waals surface area (Å²) < 4.78 is 10.8. The SMILES string of the molecule is CCCCC12C(=O)CC1CC(OC)=C2OC. The van der Waals surface area contributed by atoms with E-state index in [0.717, 1.165) is 37.2 Å². The Kier molecular flexibility index (Phi) is 2.96. The molecule has 3 nitrogen and oxygen atoms in total. The van der Waals surface area contributed by atoms with Gasteiger partial charge in [-0.3, -0.25) is 4.79 Å². The number of methoxy groups -OCH3 is 2. The number of Topliss-reactive ketones (excluding diaryl/α,β-unsaturated/α-hetero) is 1. The molecule has 0 radical (unpaired) electrons. The average molecular weight is 224 g/mol. The summed E-state index contributed by atoms with van der Waals surface area (Å²) >= 11 is 0. The highest BCUT2D eigenvalue weighted by molar-refractivity contribution is 5.95. The number of ether oxygens (including phenoxy) is 2. The first-order valence-corrected chi connectivity index (χ1v) is 6.05. The van der Waals surface area contributed by atoms with E-state index in [2.05, 4.69) is 6.92 Å². The highest BCUT2D eigenvalue weighted by Gasteiger charge is 2.62. The summed E-state index contributed by atoms with van der Waals surface area (Å²) in [5, 5.41) is 0. The summed E-state index contributed by atoms with van der Waals surface area (Å²) in [6.45, 7) is 2.15. The molecule has 1 fully saturated rings. The monoisotopic (exact) mass is 224 g/mol. The van der Waals surface area contributed by atoms with E-state index in [9.17, 15) is 4.79 Å². The predicted octanol–water partition coefficient (Wildman–Crippen LogP) is 2.66. The van der Waals surface area contributed by atoms with Crippen molar-refractivity contribution >= 4 is 5.78 Å². The molecular weight excluding hydrogens is 204 g/mol. The number of hydrogen-bond donors (Lipinski definition) is 0. The highest BCUT2D eigenvalue weighted by atomic mass is 16.5. The maximum atomic E-state index is 12.0. The lowest BCUT2D eigenvalue weighted by molar-refractivity contribution is -0.144. The first-order chi connectivity index (χ1) is 7.70. The molecule has 0 heterocycles. The third-order valence-corrected chi connectivity index (χ3v) is 4.09. The fourth-order valence-corrected chi connectivity index (χ4v) is 3.19. The lowest BCUT2D eigenvalue weighted by atomic mass is 9.58. The second kappa shape index (κ2) is 4.11. The molecule has 2 unspecified atom stereocenters. The topological polar surface area (TPSA) is 35.5 Å². The van der Waals surface area contributed by atoms with Gasteiger partial charge in [-0.05, 0) is 12.3 Å². The van der Waals surface area contributed by atoms with Crippen molar-refractivity contribution in [2.45, 2.75) is 39.0 Å². The van der Waals surface area contributed by atoms with Gasteiger partial charge in [-0.15, -0.1) is 0 Å². The fraction of sp³-hybridized carbons (Fsp3) is 0.769. The van der Waals surface area contributed by atoms with Crippen LogP contribution in [0, 0.1) is 11.3 Å². The van der Waals surface area contributed by atoms with Gasteiger partial charge < -0.3 is 9.47 Å². The molecule has 0 aromatic rings. The minimum Gasteiger partial charge on any atom is -0.498 e. The van der Waals surface area contributed by atoms with Gasteiger partial charge in [-0.1, -0.05) is 19.8 Å². The van der Waals surface area contributed by atoms with Crippen molar-refractivity contribution in [1.29, 1.82) is 0 Å². The van der Waals surface area contributed by atoms with Gasteiger partial charge in [0.2, 0.25) is 0 Å². The number of carbonyl (C=O) groups excluding carboxylic acids is 1. The Balaban J connectivity index is 2.29. The lowest BCUT2D eigenvalue weighted by Gasteiger charge is -2.43. The van der Waals surface area contributed by atoms with E-state index in [4.69, 9.17) is 9.47 Å². The Morgan fingerprint density at radius 3 is 2.56 bits per heavy atom. The van der Waals surface area contributed by atoms with Gasteiger partial charge in [0.1, 0.15) is 17.3 Å². The summed E-state index contributed by atoms with van der Waals surface area (Å²) in [5.74, 6) is 2.46. The zero-order chi connectivity index (χ0) is 11.8. The van der Waals surface area contributed by atoms with Crippen molar-refractivity contribution in [2.75, 3.05) is 14.2 Å². The fourth-order valence-electron chi connectivity index (χ4n) is 3.19. The summed E-state index contributed by atoms with van der Waals surface area (Å²) in [4.78, 5) is 12.0. The highest BCUT2D eigenvalue weighted by Crippen LogP contribution is 2.60. The van der Waals surface area contributed by atoms with Crippen LogP contribution in [-0.4, -0.2) is 20.0 Å². The molecule has 0 aromatic carbocycles. The van der Waals surface area contributed by atoms with Crippen LogP contribution in [0.2, 0.25) is 0 Å². The van der Waals surface area contributed by atoms with E-state index in [1.54, 1.807) is 14.2 Å². The summed E-state index contributed by atoms with van der Waals surface area (Å²) in [5.41, 5.74) is -0.323. The van der Waals surface area contributed by atoms with Gasteiger partial charge in [0, 0.05) is 12.8 Å². The van der Waals surface area contributed by atoms with Crippen LogP contribution in [0.5, 0.6) is 0 Å². The van der Waals surface area contributed by atoms with Crippen LogP contribution in [0.4, 0.5) is 0 Å². The van der Waals surface area contributed by atoms with Crippen LogP contribution in [0.15, 0.2) is 11.5 Å². The number of carbonyl (C=O) groups is 1. The summed E-state index contributed by atoms with van der Waals surface area (Å²) in [6, 6.07) is 0. The molecule has 2 atom stereocenters. The Labute approximate surface area is 96.8 Å². The number of unbranched alkanes of at least 4 members (excludes halogenated alkanes) is 1. The summed E-state index contributed by atoms with van der Waals surface area (Å²) in [6.07, 6.45) is 4.68. The lowest BCUT2D eigenvalue weighted by Crippen LogP contribution is -2.48. The van der Waals surface area contributed by atoms with Gasteiger partial charge >= 0.3 is 0 Å². The zero-order valence-electron chi connectivity index (χ0n) is 10.3. The van der Waals surface area contributed by atoms with Crippen molar-refractivity contribution in [3.63, 3.8) is 0 Å². The molecule has 2 rings (SSSR count). The minimum atomic E-state index is -0.323. The number of fused-ring (bicyclic) bond motifs is 1. The third kappa shape index (κ3) is 1.30. The van der Waals surface area contributed by atoms with Crippen LogP contribution >= 0.6 is 0 Å². The molecule has 16 heavy (non-hydrogen) atoms. The Morgan fingerprint density at radius 1 is 1.31 bits per heavy atom. The summed E-state index contributed by atoms with van der Waals surface area (Å²) in [7, 11) is 3.31. The molecule has 2 aliphatic carbocycles. The van der Waals surface area contributed by atoms with Gasteiger partial charge in [0.25, 0.3) is 0 Å².